The van der Waals surface area contributed by atoms with Crippen LogP contribution in [0.25, 0.3) is 17.0 Å². The molecule has 176 valence electrons. The molecule has 0 bridgehead atoms. The molecule has 2 heterocycles. The van der Waals surface area contributed by atoms with Gasteiger partial charge in [0.1, 0.15) is 0 Å². The number of benzene rings is 3. The van der Waals surface area contributed by atoms with Gasteiger partial charge in [-0.05, 0) is 69.5 Å². The SMILES string of the molecule is CC1=C(c2nc(-c3cccc(C)c3)no2)C(c2ccc(C)c(C)c2)NC(=O)N1c1ccc(C)cc1. The molecule has 1 N–H and O–H groups in total. The average molecular weight is 465 g/mol. The number of carbonyl (C=O) groups is 1. The van der Waals surface area contributed by atoms with Crippen LogP contribution in [-0.4, -0.2) is 16.2 Å². The Morgan fingerprint density at radius 2 is 1.63 bits per heavy atom. The minimum Gasteiger partial charge on any atom is -0.334 e. The van der Waals surface area contributed by atoms with Crippen molar-refractivity contribution in [3.63, 3.8) is 0 Å². The number of hydrogen-bond acceptors (Lipinski definition) is 4. The Labute approximate surface area is 205 Å². The summed E-state index contributed by atoms with van der Waals surface area (Å²) in [7, 11) is 0. The van der Waals surface area contributed by atoms with Crippen LogP contribution in [0.3, 0.4) is 0 Å². The number of nitrogens with one attached hydrogen (secondary N) is 1. The number of hydrogen-bond donors (Lipinski definition) is 1. The van der Waals surface area contributed by atoms with Crippen molar-refractivity contribution in [3.05, 3.63) is 106 Å². The highest BCUT2D eigenvalue weighted by Crippen LogP contribution is 2.39. The van der Waals surface area contributed by atoms with Crippen LogP contribution in [0.5, 0.6) is 0 Å². The second-order valence-electron chi connectivity index (χ2n) is 9.19. The van der Waals surface area contributed by atoms with Crippen LogP contribution in [0.4, 0.5) is 10.5 Å². The monoisotopic (exact) mass is 464 g/mol. The fourth-order valence-corrected chi connectivity index (χ4v) is 4.45. The van der Waals surface area contributed by atoms with Crippen molar-refractivity contribution in [1.29, 1.82) is 0 Å². The predicted octanol–water partition coefficient (Wildman–Crippen LogP) is 6.67. The van der Waals surface area contributed by atoms with Crippen LogP contribution < -0.4 is 10.2 Å². The molecule has 1 aromatic heterocycles. The molecular formula is C29H28N4O2. The van der Waals surface area contributed by atoms with Crippen LogP contribution >= 0.6 is 0 Å². The maximum Gasteiger partial charge on any atom is 0.326 e. The van der Waals surface area contributed by atoms with Crippen LogP contribution in [0.15, 0.2) is 77.0 Å². The standard InChI is InChI=1S/C29H28N4O2/c1-17-9-13-24(14-10-17)33-21(5)25(26(30-29(33)34)22-12-11-19(3)20(4)16-22)28-31-27(32-35-28)23-8-6-7-18(2)15-23/h6-16,26H,1-5H3,(H,30,34). The molecule has 6 heteroatoms. The second-order valence-corrected chi connectivity index (χ2v) is 9.19. The molecule has 2 amide bonds. The number of rotatable bonds is 4. The number of urea groups is 1. The van der Waals surface area contributed by atoms with Crippen molar-refractivity contribution in [2.24, 2.45) is 0 Å². The predicted molar refractivity (Wildman–Crippen MR) is 138 cm³/mol. The van der Waals surface area contributed by atoms with E-state index in [2.05, 4.69) is 36.5 Å². The topological polar surface area (TPSA) is 71.3 Å². The van der Waals surface area contributed by atoms with Gasteiger partial charge in [-0.1, -0.05) is 64.8 Å². The lowest BCUT2D eigenvalue weighted by atomic mass is 9.92. The summed E-state index contributed by atoms with van der Waals surface area (Å²) in [5.74, 6) is 0.904. The summed E-state index contributed by atoms with van der Waals surface area (Å²) < 4.78 is 5.82. The molecule has 1 atom stereocenters. The van der Waals surface area contributed by atoms with Crippen molar-refractivity contribution in [3.8, 4) is 11.4 Å². The highest BCUT2D eigenvalue weighted by molar-refractivity contribution is 6.01. The lowest BCUT2D eigenvalue weighted by Gasteiger charge is -2.35. The number of nitrogens with zero attached hydrogens (tertiary/aromatic N) is 3. The Hall–Kier alpha value is -4.19. The van der Waals surface area contributed by atoms with Gasteiger partial charge in [0.05, 0.1) is 17.3 Å². The summed E-state index contributed by atoms with van der Waals surface area (Å²) in [5, 5.41) is 7.45. The number of allylic oxidation sites excluding steroid dienone is 1. The summed E-state index contributed by atoms with van der Waals surface area (Å²) in [6, 6.07) is 21.5. The third-order valence-electron chi connectivity index (χ3n) is 6.57. The smallest absolute Gasteiger partial charge is 0.326 e. The highest BCUT2D eigenvalue weighted by Gasteiger charge is 2.36. The first-order valence-corrected chi connectivity index (χ1v) is 11.7. The number of aromatic nitrogens is 2. The zero-order valence-electron chi connectivity index (χ0n) is 20.6. The molecule has 4 aromatic rings. The first-order valence-electron chi connectivity index (χ1n) is 11.7. The molecule has 6 nitrogen and oxygen atoms in total. The summed E-state index contributed by atoms with van der Waals surface area (Å²) in [6.07, 6.45) is 0. The Morgan fingerprint density at radius 3 is 2.34 bits per heavy atom. The maximum absolute atomic E-state index is 13.4. The fraction of sp³-hybridized carbons (Fsp3) is 0.207. The molecule has 0 saturated carbocycles. The third-order valence-corrected chi connectivity index (χ3v) is 6.57. The van der Waals surface area contributed by atoms with E-state index in [9.17, 15) is 4.79 Å². The molecule has 5 rings (SSSR count). The molecule has 0 saturated heterocycles. The molecular weight excluding hydrogens is 436 g/mol. The van der Waals surface area contributed by atoms with Gasteiger partial charge in [0.25, 0.3) is 5.89 Å². The van der Waals surface area contributed by atoms with E-state index in [0.29, 0.717) is 11.7 Å². The maximum atomic E-state index is 13.4. The van der Waals surface area contributed by atoms with E-state index in [1.165, 1.54) is 5.56 Å². The number of anilines is 1. The highest BCUT2D eigenvalue weighted by atomic mass is 16.5. The van der Waals surface area contributed by atoms with E-state index in [1.807, 2.05) is 75.4 Å². The molecule has 0 spiro atoms. The van der Waals surface area contributed by atoms with Gasteiger partial charge in [-0.15, -0.1) is 0 Å². The molecule has 0 aliphatic carbocycles. The van der Waals surface area contributed by atoms with E-state index in [4.69, 9.17) is 9.51 Å². The quantitative estimate of drug-likeness (QED) is 0.366. The lowest BCUT2D eigenvalue weighted by Crippen LogP contribution is -2.46. The minimum absolute atomic E-state index is 0.197. The third kappa shape index (κ3) is 4.23. The van der Waals surface area contributed by atoms with Gasteiger partial charge in [0.15, 0.2) is 0 Å². The summed E-state index contributed by atoms with van der Waals surface area (Å²) in [4.78, 5) is 19.8. The Bertz CT molecular complexity index is 1450. The molecule has 1 unspecified atom stereocenters. The summed E-state index contributed by atoms with van der Waals surface area (Å²) >= 11 is 0. The lowest BCUT2D eigenvalue weighted by molar-refractivity contribution is 0.244. The molecule has 0 fully saturated rings. The van der Waals surface area contributed by atoms with Gasteiger partial charge in [0.2, 0.25) is 5.82 Å². The number of carbonyl (C=O) groups excluding carboxylic acids is 1. The molecule has 1 aliphatic heterocycles. The summed E-state index contributed by atoms with van der Waals surface area (Å²) in [5.41, 5.74) is 8.75. The zero-order chi connectivity index (χ0) is 24.7. The molecule has 1 aliphatic rings. The Kier molecular flexibility index (Phi) is 5.73. The Morgan fingerprint density at radius 1 is 0.857 bits per heavy atom. The minimum atomic E-state index is -0.422. The van der Waals surface area contributed by atoms with E-state index >= 15 is 0 Å². The van der Waals surface area contributed by atoms with E-state index in [-0.39, 0.29) is 6.03 Å². The van der Waals surface area contributed by atoms with Crippen molar-refractivity contribution < 1.29 is 9.32 Å². The fourth-order valence-electron chi connectivity index (χ4n) is 4.45. The van der Waals surface area contributed by atoms with Gasteiger partial charge in [-0.25, -0.2) is 4.79 Å². The van der Waals surface area contributed by atoms with Gasteiger partial charge in [-0.2, -0.15) is 4.98 Å². The van der Waals surface area contributed by atoms with Crippen LogP contribution in [0, 0.1) is 27.7 Å². The number of aryl methyl sites for hydroxylation is 4. The van der Waals surface area contributed by atoms with Gasteiger partial charge >= 0.3 is 6.03 Å². The van der Waals surface area contributed by atoms with E-state index < -0.39 is 6.04 Å². The first-order chi connectivity index (χ1) is 16.8. The number of amides is 2. The van der Waals surface area contributed by atoms with E-state index in [1.54, 1.807) is 4.90 Å². The van der Waals surface area contributed by atoms with Gasteiger partial charge in [0, 0.05) is 11.3 Å². The van der Waals surface area contributed by atoms with Gasteiger partial charge < -0.3 is 9.84 Å². The van der Waals surface area contributed by atoms with Crippen LogP contribution in [0.1, 0.15) is 46.7 Å². The summed E-state index contributed by atoms with van der Waals surface area (Å²) in [6.45, 7) is 10.1. The van der Waals surface area contributed by atoms with Gasteiger partial charge in [-0.3, -0.25) is 4.90 Å². The van der Waals surface area contributed by atoms with Crippen molar-refractivity contribution in [2.45, 2.75) is 40.7 Å². The van der Waals surface area contributed by atoms with E-state index in [0.717, 1.165) is 44.8 Å². The molecule has 35 heavy (non-hydrogen) atoms. The van der Waals surface area contributed by atoms with Crippen molar-refractivity contribution in [1.82, 2.24) is 15.5 Å². The largest absolute Gasteiger partial charge is 0.334 e. The van der Waals surface area contributed by atoms with Crippen LogP contribution in [-0.2, 0) is 0 Å². The molecule has 3 aromatic carbocycles. The zero-order valence-corrected chi connectivity index (χ0v) is 20.6. The Balaban J connectivity index is 1.67. The van der Waals surface area contributed by atoms with Crippen molar-refractivity contribution in [2.75, 3.05) is 4.90 Å². The van der Waals surface area contributed by atoms with Crippen LogP contribution in [0.2, 0.25) is 0 Å². The second kappa shape index (κ2) is 8.87. The normalized spacial score (nSPS) is 16.0. The average Bonchev–Trinajstić information content (AvgIpc) is 3.31. The molecule has 0 radical (unpaired) electrons. The first kappa shape index (κ1) is 22.6. The van der Waals surface area contributed by atoms with Crippen molar-refractivity contribution >= 4 is 17.3 Å².